The van der Waals surface area contributed by atoms with Gasteiger partial charge in [0.1, 0.15) is 5.75 Å². The fourth-order valence-electron chi connectivity index (χ4n) is 2.63. The van der Waals surface area contributed by atoms with Gasteiger partial charge >= 0.3 is 12.1 Å². The zero-order chi connectivity index (χ0) is 21.4. The zero-order valence-electron chi connectivity index (χ0n) is 15.6. The Morgan fingerprint density at radius 2 is 1.83 bits per heavy atom. The number of unbranched alkanes of at least 4 members (excludes halogenated alkanes) is 1. The first-order chi connectivity index (χ1) is 13.8. The third kappa shape index (κ3) is 6.02. The molecule has 0 saturated heterocycles. The molecule has 0 aliphatic heterocycles. The molecule has 4 nitrogen and oxygen atoms in total. The molecule has 0 fully saturated rings. The number of benzene rings is 2. The number of phenolic OH excluding ortho intramolecular Hbond substituents is 1. The molecule has 0 unspecified atom stereocenters. The largest absolute Gasteiger partial charge is 0.508 e. The second-order valence-corrected chi connectivity index (χ2v) is 6.08. The molecule has 0 aliphatic carbocycles. The molecule has 0 aromatic heterocycles. The summed E-state index contributed by atoms with van der Waals surface area (Å²) >= 11 is 0. The standard InChI is InChI=1S/C22H18F3NO3/c1-2-29-21(28)18-9-7-15(17(13-18)5-3-4-12-26)6-8-16-10-11-19(27)14-20(16)22(23,24)25/h7,9-11,13-14,27H,2-5H2,1H3. The lowest BCUT2D eigenvalue weighted by Crippen LogP contribution is -2.07. The van der Waals surface area contributed by atoms with Gasteiger partial charge < -0.3 is 9.84 Å². The van der Waals surface area contributed by atoms with E-state index in [-0.39, 0.29) is 12.2 Å². The van der Waals surface area contributed by atoms with E-state index in [1.165, 1.54) is 6.07 Å². The topological polar surface area (TPSA) is 70.3 Å². The van der Waals surface area contributed by atoms with Crippen LogP contribution in [0.5, 0.6) is 5.75 Å². The number of esters is 1. The summed E-state index contributed by atoms with van der Waals surface area (Å²) in [5.41, 5.74) is 0.111. The number of alkyl halides is 3. The normalized spacial score (nSPS) is 10.6. The van der Waals surface area contributed by atoms with Crippen molar-refractivity contribution in [2.75, 3.05) is 6.61 Å². The zero-order valence-corrected chi connectivity index (χ0v) is 15.6. The molecule has 0 bridgehead atoms. The molecule has 0 atom stereocenters. The van der Waals surface area contributed by atoms with Crippen LogP contribution in [0, 0.1) is 23.2 Å². The van der Waals surface area contributed by atoms with Crippen LogP contribution in [0.1, 0.15) is 52.4 Å². The Morgan fingerprint density at radius 1 is 1.14 bits per heavy atom. The quantitative estimate of drug-likeness (QED) is 0.442. The van der Waals surface area contributed by atoms with Crippen LogP contribution in [0.15, 0.2) is 36.4 Å². The highest BCUT2D eigenvalue weighted by molar-refractivity contribution is 5.89. The first kappa shape index (κ1) is 21.8. The highest BCUT2D eigenvalue weighted by atomic mass is 19.4. The maximum atomic E-state index is 13.2. The molecular formula is C22H18F3NO3. The minimum Gasteiger partial charge on any atom is -0.508 e. The summed E-state index contributed by atoms with van der Waals surface area (Å²) in [6.45, 7) is 1.90. The van der Waals surface area contributed by atoms with Crippen molar-refractivity contribution >= 4 is 5.97 Å². The van der Waals surface area contributed by atoms with E-state index in [9.17, 15) is 23.1 Å². The SMILES string of the molecule is CCOC(=O)c1ccc(C#Cc2ccc(O)cc2C(F)(F)F)c(CCCC#N)c1. The van der Waals surface area contributed by atoms with Gasteiger partial charge in [-0.05, 0) is 61.7 Å². The second kappa shape index (κ2) is 9.66. The fraction of sp³-hybridized carbons (Fsp3) is 0.273. The van der Waals surface area contributed by atoms with E-state index in [1.54, 1.807) is 19.1 Å². The molecule has 0 saturated carbocycles. The van der Waals surface area contributed by atoms with Crippen molar-refractivity contribution in [3.63, 3.8) is 0 Å². The maximum absolute atomic E-state index is 13.2. The molecule has 150 valence electrons. The third-order valence-corrected chi connectivity index (χ3v) is 3.99. The van der Waals surface area contributed by atoms with Gasteiger partial charge in [-0.1, -0.05) is 11.8 Å². The van der Waals surface area contributed by atoms with Gasteiger partial charge in [0.15, 0.2) is 0 Å². The number of nitrogens with zero attached hydrogens (tertiary/aromatic N) is 1. The summed E-state index contributed by atoms with van der Waals surface area (Å²) in [5, 5.41) is 18.1. The number of carbonyl (C=O) groups is 1. The number of ether oxygens (including phenoxy) is 1. The summed E-state index contributed by atoms with van der Waals surface area (Å²) in [6.07, 6.45) is -3.41. The molecule has 0 radical (unpaired) electrons. The van der Waals surface area contributed by atoms with Gasteiger partial charge in [-0.25, -0.2) is 4.79 Å². The molecule has 0 amide bonds. The lowest BCUT2D eigenvalue weighted by molar-refractivity contribution is -0.137. The molecule has 1 N–H and O–H groups in total. The summed E-state index contributed by atoms with van der Waals surface area (Å²) in [6, 6.07) is 9.52. The molecular weight excluding hydrogens is 383 g/mol. The molecule has 29 heavy (non-hydrogen) atoms. The summed E-state index contributed by atoms with van der Waals surface area (Å²) in [5.74, 6) is 4.22. The number of aryl methyl sites for hydroxylation is 1. The van der Waals surface area contributed by atoms with E-state index in [0.29, 0.717) is 42.0 Å². The van der Waals surface area contributed by atoms with Crippen LogP contribution < -0.4 is 0 Å². The number of aromatic hydroxyl groups is 1. The molecule has 2 aromatic carbocycles. The minimum atomic E-state index is -4.66. The first-order valence-electron chi connectivity index (χ1n) is 8.85. The number of hydrogen-bond acceptors (Lipinski definition) is 4. The van der Waals surface area contributed by atoms with Gasteiger partial charge in [-0.15, -0.1) is 0 Å². The van der Waals surface area contributed by atoms with Crippen molar-refractivity contribution in [2.45, 2.75) is 32.4 Å². The monoisotopic (exact) mass is 401 g/mol. The Balaban J connectivity index is 2.46. The Bertz CT molecular complexity index is 995. The van der Waals surface area contributed by atoms with Crippen LogP contribution in [0.4, 0.5) is 13.2 Å². The lowest BCUT2D eigenvalue weighted by atomic mass is 9.98. The van der Waals surface area contributed by atoms with Gasteiger partial charge in [0.2, 0.25) is 0 Å². The van der Waals surface area contributed by atoms with Crippen molar-refractivity contribution in [3.8, 4) is 23.7 Å². The number of phenols is 1. The number of carbonyl (C=O) groups excluding carboxylic acids is 1. The number of halogens is 3. The summed E-state index contributed by atoms with van der Waals surface area (Å²) in [7, 11) is 0. The van der Waals surface area contributed by atoms with Gasteiger partial charge in [0.05, 0.1) is 23.8 Å². The average molecular weight is 401 g/mol. The molecule has 0 aliphatic rings. The Hall–Kier alpha value is -3.45. The van der Waals surface area contributed by atoms with Gasteiger partial charge in [-0.3, -0.25) is 0 Å². The maximum Gasteiger partial charge on any atom is 0.417 e. The van der Waals surface area contributed by atoms with E-state index >= 15 is 0 Å². The van der Waals surface area contributed by atoms with Crippen molar-refractivity contribution in [1.82, 2.24) is 0 Å². The number of hydrogen-bond donors (Lipinski definition) is 1. The van der Waals surface area contributed by atoms with Crippen LogP contribution in [-0.4, -0.2) is 17.7 Å². The fourth-order valence-corrected chi connectivity index (χ4v) is 2.63. The predicted octanol–water partition coefficient (Wildman–Crippen LogP) is 4.83. The molecule has 2 rings (SSSR count). The Morgan fingerprint density at radius 3 is 2.48 bits per heavy atom. The minimum absolute atomic E-state index is 0.214. The highest BCUT2D eigenvalue weighted by Gasteiger charge is 2.33. The summed E-state index contributed by atoms with van der Waals surface area (Å²) < 4.78 is 44.5. The number of rotatable bonds is 5. The van der Waals surface area contributed by atoms with Crippen LogP contribution >= 0.6 is 0 Å². The van der Waals surface area contributed by atoms with Crippen LogP contribution in [0.2, 0.25) is 0 Å². The molecule has 7 heteroatoms. The number of nitriles is 1. The van der Waals surface area contributed by atoms with Crippen molar-refractivity contribution in [3.05, 3.63) is 64.2 Å². The summed E-state index contributed by atoms with van der Waals surface area (Å²) in [4.78, 5) is 11.9. The second-order valence-electron chi connectivity index (χ2n) is 6.08. The Labute approximate surface area is 166 Å². The molecule has 2 aromatic rings. The highest BCUT2D eigenvalue weighted by Crippen LogP contribution is 2.33. The van der Waals surface area contributed by atoms with Crippen LogP contribution in [0.3, 0.4) is 0 Å². The molecule has 0 spiro atoms. The van der Waals surface area contributed by atoms with E-state index in [1.807, 2.05) is 6.07 Å². The van der Waals surface area contributed by atoms with Gasteiger partial charge in [-0.2, -0.15) is 18.4 Å². The van der Waals surface area contributed by atoms with Crippen molar-refractivity contribution < 1.29 is 27.8 Å². The van der Waals surface area contributed by atoms with Crippen LogP contribution in [0.25, 0.3) is 0 Å². The lowest BCUT2D eigenvalue weighted by Gasteiger charge is -2.10. The first-order valence-corrected chi connectivity index (χ1v) is 8.85. The van der Waals surface area contributed by atoms with Gasteiger partial charge in [0, 0.05) is 17.5 Å². The predicted molar refractivity (Wildman–Crippen MR) is 100 cm³/mol. The van der Waals surface area contributed by atoms with Crippen LogP contribution in [-0.2, 0) is 17.3 Å². The van der Waals surface area contributed by atoms with E-state index in [4.69, 9.17) is 10.00 Å². The van der Waals surface area contributed by atoms with Gasteiger partial charge in [0.25, 0.3) is 0 Å². The van der Waals surface area contributed by atoms with Crippen molar-refractivity contribution in [1.29, 1.82) is 5.26 Å². The average Bonchev–Trinajstić information content (AvgIpc) is 2.67. The third-order valence-electron chi connectivity index (χ3n) is 3.99. The van der Waals surface area contributed by atoms with E-state index in [0.717, 1.165) is 12.1 Å². The molecule has 0 heterocycles. The van der Waals surface area contributed by atoms with E-state index < -0.39 is 23.5 Å². The Kier molecular flexibility index (Phi) is 7.27. The van der Waals surface area contributed by atoms with E-state index in [2.05, 4.69) is 11.8 Å². The smallest absolute Gasteiger partial charge is 0.417 e. The van der Waals surface area contributed by atoms with Crippen molar-refractivity contribution in [2.24, 2.45) is 0 Å².